The van der Waals surface area contributed by atoms with Crippen LogP contribution in [0.4, 0.5) is 10.3 Å². The Kier molecular flexibility index (Phi) is 5.67. The molecule has 33 heavy (non-hydrogen) atoms. The van der Waals surface area contributed by atoms with Crippen molar-refractivity contribution in [3.8, 4) is 10.6 Å². The molecule has 10 heteroatoms. The normalized spacial score (nSPS) is 26.1. The fourth-order valence-electron chi connectivity index (χ4n) is 5.88. The monoisotopic (exact) mass is 474 g/mol. The second-order valence-corrected chi connectivity index (χ2v) is 10.6. The number of piperidine rings is 1. The zero-order chi connectivity index (χ0) is 23.5. The van der Waals surface area contributed by atoms with Crippen molar-refractivity contribution in [2.75, 3.05) is 32.5 Å². The Morgan fingerprint density at radius 2 is 2.06 bits per heavy atom. The molecule has 1 aliphatic carbocycles. The molecule has 8 nitrogen and oxygen atoms in total. The maximum Gasteiger partial charge on any atom is 0.255 e. The number of amides is 1. The van der Waals surface area contributed by atoms with Crippen LogP contribution in [0, 0.1) is 18.7 Å². The summed E-state index contributed by atoms with van der Waals surface area (Å²) in [5, 5.41) is 15.9. The largest absolute Gasteiger partial charge is 0.351 e. The van der Waals surface area contributed by atoms with Gasteiger partial charge in [-0.3, -0.25) is 10.0 Å². The molecule has 2 aromatic heterocycles. The Balaban J connectivity index is 1.46. The summed E-state index contributed by atoms with van der Waals surface area (Å²) in [5.74, 6) is 0.319. The van der Waals surface area contributed by atoms with Crippen LogP contribution < -0.4 is 5.32 Å². The molecule has 1 saturated heterocycles. The number of carbonyl (C=O) groups excluding carboxylic acids is 1. The van der Waals surface area contributed by atoms with E-state index in [1.165, 1.54) is 17.5 Å². The molecule has 2 aliphatic heterocycles. The van der Waals surface area contributed by atoms with Gasteiger partial charge in [0.25, 0.3) is 5.91 Å². The highest BCUT2D eigenvalue weighted by molar-refractivity contribution is 7.16. The number of hydrogen-bond donors (Lipinski definition) is 2. The summed E-state index contributed by atoms with van der Waals surface area (Å²) in [7, 11) is 3.52. The highest BCUT2D eigenvalue weighted by Gasteiger charge is 2.55. The summed E-state index contributed by atoms with van der Waals surface area (Å²) >= 11 is 1.52. The third-order valence-corrected chi connectivity index (χ3v) is 9.31. The van der Waals surface area contributed by atoms with Crippen LogP contribution in [0.15, 0.2) is 6.20 Å². The SMILES string of the molecule is Cc1c(-c2nc(NC3CCN(N(C)O)CC3)ncc2F)sc2c1C(=O)N(C)C21CCCC1C. The number of halogens is 1. The average Bonchev–Trinajstić information content (AvgIpc) is 3.40. The first kappa shape index (κ1) is 22.6. The van der Waals surface area contributed by atoms with E-state index in [1.807, 2.05) is 23.9 Å². The first-order valence-corrected chi connectivity index (χ1v) is 12.4. The van der Waals surface area contributed by atoms with Crippen LogP contribution >= 0.6 is 11.3 Å². The molecule has 0 aromatic carbocycles. The Morgan fingerprint density at radius 1 is 1.33 bits per heavy atom. The molecular weight excluding hydrogens is 443 g/mol. The lowest BCUT2D eigenvalue weighted by Gasteiger charge is -2.36. The minimum Gasteiger partial charge on any atom is -0.351 e. The van der Waals surface area contributed by atoms with E-state index in [2.05, 4.69) is 22.2 Å². The van der Waals surface area contributed by atoms with Gasteiger partial charge in [-0.15, -0.1) is 16.5 Å². The van der Waals surface area contributed by atoms with Gasteiger partial charge in [-0.25, -0.2) is 19.4 Å². The molecule has 2 atom stereocenters. The maximum atomic E-state index is 15.0. The van der Waals surface area contributed by atoms with Crippen molar-refractivity contribution >= 4 is 23.2 Å². The summed E-state index contributed by atoms with van der Waals surface area (Å²) in [6.45, 7) is 5.55. The Morgan fingerprint density at radius 3 is 2.70 bits per heavy atom. The number of hydroxylamine groups is 1. The van der Waals surface area contributed by atoms with Gasteiger partial charge in [0.1, 0.15) is 5.69 Å². The van der Waals surface area contributed by atoms with Crippen molar-refractivity contribution in [3.63, 3.8) is 0 Å². The molecule has 4 heterocycles. The van der Waals surface area contributed by atoms with Crippen molar-refractivity contribution in [1.29, 1.82) is 0 Å². The summed E-state index contributed by atoms with van der Waals surface area (Å²) in [6, 6.07) is 0.145. The summed E-state index contributed by atoms with van der Waals surface area (Å²) < 4.78 is 15.0. The fraction of sp³-hybridized carbons (Fsp3) is 0.609. The van der Waals surface area contributed by atoms with E-state index in [4.69, 9.17) is 0 Å². The quantitative estimate of drug-likeness (QED) is 0.651. The molecular formula is C23H31FN6O2S. The Hall–Kier alpha value is -2.14. The van der Waals surface area contributed by atoms with Crippen molar-refractivity contribution in [2.45, 2.75) is 57.5 Å². The van der Waals surface area contributed by atoms with Crippen molar-refractivity contribution in [2.24, 2.45) is 5.92 Å². The van der Waals surface area contributed by atoms with E-state index < -0.39 is 5.82 Å². The van der Waals surface area contributed by atoms with Crippen molar-refractivity contribution in [3.05, 3.63) is 28.0 Å². The van der Waals surface area contributed by atoms with Gasteiger partial charge in [-0.1, -0.05) is 13.3 Å². The number of hydrogen-bond acceptors (Lipinski definition) is 8. The molecule has 2 unspecified atom stereocenters. The molecule has 2 aromatic rings. The molecule has 0 bridgehead atoms. The molecule has 2 N–H and O–H groups in total. The number of thiophene rings is 1. The number of nitrogens with one attached hydrogen (secondary N) is 1. The van der Waals surface area contributed by atoms with Crippen molar-refractivity contribution in [1.82, 2.24) is 25.0 Å². The zero-order valence-corrected chi connectivity index (χ0v) is 20.4. The molecule has 178 valence electrons. The summed E-state index contributed by atoms with van der Waals surface area (Å²) in [4.78, 5) is 25.7. The molecule has 1 saturated carbocycles. The lowest BCUT2D eigenvalue weighted by molar-refractivity contribution is -0.232. The Bertz CT molecular complexity index is 1080. The zero-order valence-electron chi connectivity index (χ0n) is 19.6. The van der Waals surface area contributed by atoms with Crippen LogP contribution in [0.3, 0.4) is 0 Å². The van der Waals surface area contributed by atoms with E-state index in [1.54, 1.807) is 7.05 Å². The smallest absolute Gasteiger partial charge is 0.255 e. The minimum absolute atomic E-state index is 0.0344. The summed E-state index contributed by atoms with van der Waals surface area (Å²) in [5.41, 5.74) is 1.52. The van der Waals surface area contributed by atoms with E-state index in [0.717, 1.165) is 58.2 Å². The topological polar surface area (TPSA) is 84.8 Å². The minimum atomic E-state index is -0.477. The van der Waals surface area contributed by atoms with Gasteiger partial charge in [-0.2, -0.15) is 0 Å². The third-order valence-electron chi connectivity index (χ3n) is 7.84. The van der Waals surface area contributed by atoms with Gasteiger partial charge in [0.15, 0.2) is 5.82 Å². The molecule has 2 fully saturated rings. The Labute approximate surface area is 197 Å². The van der Waals surface area contributed by atoms with Gasteiger partial charge >= 0.3 is 0 Å². The highest BCUT2D eigenvalue weighted by atomic mass is 32.1. The number of fused-ring (bicyclic) bond motifs is 2. The second kappa shape index (κ2) is 8.26. The van der Waals surface area contributed by atoms with Gasteiger partial charge in [0.2, 0.25) is 5.95 Å². The molecule has 1 amide bonds. The number of nitrogens with zero attached hydrogens (tertiary/aromatic N) is 5. The number of aromatic nitrogens is 2. The van der Waals surface area contributed by atoms with Crippen LogP contribution in [-0.4, -0.2) is 69.4 Å². The summed E-state index contributed by atoms with van der Waals surface area (Å²) in [6.07, 6.45) is 5.97. The first-order chi connectivity index (χ1) is 15.7. The maximum absolute atomic E-state index is 15.0. The van der Waals surface area contributed by atoms with Crippen molar-refractivity contribution < 1.29 is 14.4 Å². The highest BCUT2D eigenvalue weighted by Crippen LogP contribution is 2.57. The molecule has 5 rings (SSSR count). The van der Waals surface area contributed by atoms with E-state index >= 15 is 0 Å². The molecule has 0 radical (unpaired) electrons. The van der Waals surface area contributed by atoms with Crippen LogP contribution in [-0.2, 0) is 5.54 Å². The van der Waals surface area contributed by atoms with Gasteiger partial charge in [0.05, 0.1) is 22.2 Å². The molecule has 1 spiro atoms. The number of carbonyl (C=O) groups is 1. The second-order valence-electron chi connectivity index (χ2n) is 9.59. The van der Waals surface area contributed by atoms with Crippen LogP contribution in [0.25, 0.3) is 10.6 Å². The molecule has 3 aliphatic rings. The van der Waals surface area contributed by atoms with Crippen LogP contribution in [0.5, 0.6) is 0 Å². The van der Waals surface area contributed by atoms with Gasteiger partial charge in [0, 0.05) is 38.1 Å². The third kappa shape index (κ3) is 3.46. The van der Waals surface area contributed by atoms with Crippen LogP contribution in [0.1, 0.15) is 59.8 Å². The van der Waals surface area contributed by atoms with Gasteiger partial charge in [-0.05, 0) is 44.1 Å². The van der Waals surface area contributed by atoms with E-state index in [9.17, 15) is 14.4 Å². The van der Waals surface area contributed by atoms with E-state index in [0.29, 0.717) is 25.0 Å². The fourth-order valence-corrected chi connectivity index (χ4v) is 7.54. The standard InChI is InChI=1S/C23H31FN6O2S/c1-13-6-5-9-23(13)20-17(21(31)28(23)3)14(2)19(33-20)18-16(24)12-25-22(27-18)26-15-7-10-30(11-8-15)29(4)32/h12-13,15,32H,5-11H2,1-4H3,(H,25,26,27). The number of rotatable bonds is 4. The van der Waals surface area contributed by atoms with Gasteiger partial charge < -0.3 is 10.2 Å². The lowest BCUT2D eigenvalue weighted by atomic mass is 9.86. The predicted molar refractivity (Wildman–Crippen MR) is 125 cm³/mol. The average molecular weight is 475 g/mol. The lowest BCUT2D eigenvalue weighted by Crippen LogP contribution is -2.46. The first-order valence-electron chi connectivity index (χ1n) is 11.6. The predicted octanol–water partition coefficient (Wildman–Crippen LogP) is 3.87. The van der Waals surface area contributed by atoms with E-state index in [-0.39, 0.29) is 23.2 Å². The number of anilines is 1. The van der Waals surface area contributed by atoms with Crippen LogP contribution in [0.2, 0.25) is 0 Å². The number of hydrazine groups is 1.